The lowest BCUT2D eigenvalue weighted by Crippen LogP contribution is -2.08. The van der Waals surface area contributed by atoms with E-state index in [1.807, 2.05) is 43.5 Å². The molecule has 0 bridgehead atoms. The summed E-state index contributed by atoms with van der Waals surface area (Å²) in [7, 11) is -3.81. The Bertz CT molecular complexity index is 1310. The normalized spacial score (nSPS) is 12.9. The monoisotopic (exact) mass is 430 g/mol. The van der Waals surface area contributed by atoms with Crippen molar-refractivity contribution in [3.63, 3.8) is 0 Å². The molecular weight excluding hydrogens is 412 g/mol. The third kappa shape index (κ3) is 2.99. The quantitative estimate of drug-likeness (QED) is 0.507. The number of rotatable bonds is 5. The number of fused-ring (bicyclic) bond motifs is 2. The van der Waals surface area contributed by atoms with Crippen molar-refractivity contribution in [1.82, 2.24) is 14.5 Å². The molecule has 0 atom stereocenters. The molecule has 0 fully saturated rings. The van der Waals surface area contributed by atoms with Crippen LogP contribution in [0.1, 0.15) is 6.92 Å². The first-order valence-electron chi connectivity index (χ1n) is 8.49. The van der Waals surface area contributed by atoms with Crippen LogP contribution in [0, 0.1) is 0 Å². The summed E-state index contributed by atoms with van der Waals surface area (Å²) in [6.07, 6.45) is 3.96. The van der Waals surface area contributed by atoms with Gasteiger partial charge in [-0.05, 0) is 36.8 Å². The van der Waals surface area contributed by atoms with Crippen molar-refractivity contribution in [3.8, 4) is 0 Å². The molecule has 0 amide bonds. The van der Waals surface area contributed by atoms with Crippen LogP contribution in [0.3, 0.4) is 0 Å². The van der Waals surface area contributed by atoms with E-state index in [4.69, 9.17) is 10.7 Å². The molecule has 4 rings (SSSR count). The number of thioether (sulfide) groups is 1. The van der Waals surface area contributed by atoms with Gasteiger partial charge in [-0.25, -0.2) is 18.4 Å². The van der Waals surface area contributed by atoms with E-state index < -0.39 is 9.84 Å². The number of allylic oxidation sites excluding steroid dienone is 2. The molecule has 0 aliphatic rings. The number of thiophene rings is 1. The maximum Gasteiger partial charge on any atom is 0.221 e. The summed E-state index contributed by atoms with van der Waals surface area (Å²) in [5.41, 5.74) is 8.50. The molecule has 6 nitrogen and oxygen atoms in total. The van der Waals surface area contributed by atoms with Gasteiger partial charge in [-0.1, -0.05) is 24.3 Å². The van der Waals surface area contributed by atoms with Crippen LogP contribution in [0.2, 0.25) is 0 Å². The van der Waals surface area contributed by atoms with Gasteiger partial charge >= 0.3 is 0 Å². The van der Waals surface area contributed by atoms with Crippen LogP contribution in [0.25, 0.3) is 22.2 Å². The number of sulfone groups is 1. The summed E-state index contributed by atoms with van der Waals surface area (Å²) in [5.74, 6) is 0.159. The van der Waals surface area contributed by atoms with Crippen molar-refractivity contribution in [2.24, 2.45) is 0 Å². The Morgan fingerprint density at radius 3 is 2.54 bits per heavy atom. The Balaban J connectivity index is 2.09. The van der Waals surface area contributed by atoms with E-state index in [2.05, 4.69) is 4.98 Å². The Morgan fingerprint density at radius 2 is 1.93 bits per heavy atom. The minimum Gasteiger partial charge on any atom is -0.384 e. The van der Waals surface area contributed by atoms with Crippen molar-refractivity contribution in [3.05, 3.63) is 52.8 Å². The number of nitrogen functional groups attached to an aromatic ring is 1. The first-order valence-corrected chi connectivity index (χ1v) is 12.1. The van der Waals surface area contributed by atoms with Gasteiger partial charge in [0.25, 0.3) is 0 Å². The Labute approximate surface area is 171 Å². The van der Waals surface area contributed by atoms with Crippen molar-refractivity contribution >= 4 is 61.0 Å². The fourth-order valence-corrected chi connectivity index (χ4v) is 6.16. The summed E-state index contributed by atoms with van der Waals surface area (Å²) in [4.78, 5) is 10.4. The molecule has 3 aromatic heterocycles. The van der Waals surface area contributed by atoms with E-state index in [0.717, 1.165) is 16.2 Å². The molecule has 0 spiro atoms. The van der Waals surface area contributed by atoms with Crippen molar-refractivity contribution in [1.29, 1.82) is 0 Å². The minimum atomic E-state index is -3.81. The largest absolute Gasteiger partial charge is 0.384 e. The standard InChI is InChI=1S/C19H18N4O2S3/c1-3-12(26-2)11-23-18(20)17(28(24,25)15-9-6-10-27-15)16-19(23)22-14-8-5-4-7-13(14)21-16/h3-10H,11,20H2,1-2H3/b12-3-. The fourth-order valence-electron chi connectivity index (χ4n) is 3.06. The molecule has 144 valence electrons. The van der Waals surface area contributed by atoms with E-state index >= 15 is 0 Å². The average molecular weight is 431 g/mol. The zero-order valence-electron chi connectivity index (χ0n) is 15.3. The van der Waals surface area contributed by atoms with Gasteiger partial charge in [0.1, 0.15) is 20.4 Å². The second-order valence-corrected chi connectivity index (χ2v) is 10.1. The zero-order valence-corrected chi connectivity index (χ0v) is 17.7. The van der Waals surface area contributed by atoms with Crippen LogP contribution in [-0.2, 0) is 16.4 Å². The highest BCUT2D eigenvalue weighted by Gasteiger charge is 2.30. The smallest absolute Gasteiger partial charge is 0.221 e. The molecule has 2 N–H and O–H groups in total. The predicted octanol–water partition coefficient (Wildman–Crippen LogP) is 4.33. The average Bonchev–Trinajstić information content (AvgIpc) is 3.32. The van der Waals surface area contributed by atoms with Crippen LogP contribution in [0.15, 0.2) is 61.9 Å². The van der Waals surface area contributed by atoms with Crippen molar-refractivity contribution in [2.45, 2.75) is 22.6 Å². The third-order valence-electron chi connectivity index (χ3n) is 4.47. The number of anilines is 1. The van der Waals surface area contributed by atoms with Crippen molar-refractivity contribution < 1.29 is 8.42 Å². The number of hydrogen-bond acceptors (Lipinski definition) is 7. The lowest BCUT2D eigenvalue weighted by molar-refractivity contribution is 0.599. The molecule has 4 aromatic rings. The van der Waals surface area contributed by atoms with E-state index in [9.17, 15) is 8.42 Å². The van der Waals surface area contributed by atoms with Gasteiger partial charge in [0, 0.05) is 4.91 Å². The maximum absolute atomic E-state index is 13.3. The molecule has 0 saturated carbocycles. The van der Waals surface area contributed by atoms with E-state index in [1.54, 1.807) is 33.8 Å². The van der Waals surface area contributed by atoms with Crippen LogP contribution >= 0.6 is 23.1 Å². The number of benzene rings is 1. The minimum absolute atomic E-state index is 0.0276. The predicted molar refractivity (Wildman–Crippen MR) is 116 cm³/mol. The van der Waals surface area contributed by atoms with Gasteiger partial charge < -0.3 is 10.3 Å². The lowest BCUT2D eigenvalue weighted by Gasteiger charge is -2.09. The van der Waals surface area contributed by atoms with Gasteiger partial charge in [0.15, 0.2) is 5.65 Å². The first-order chi connectivity index (χ1) is 13.5. The molecule has 1 aromatic carbocycles. The highest BCUT2D eigenvalue weighted by Crippen LogP contribution is 2.37. The number of hydrogen-bond donors (Lipinski definition) is 1. The molecule has 0 aliphatic carbocycles. The molecule has 0 unspecified atom stereocenters. The van der Waals surface area contributed by atoms with Crippen LogP contribution in [-0.4, -0.2) is 29.2 Å². The topological polar surface area (TPSA) is 90.9 Å². The molecule has 0 aliphatic heterocycles. The van der Waals surface area contributed by atoms with Crippen molar-refractivity contribution in [2.75, 3.05) is 12.0 Å². The van der Waals surface area contributed by atoms with E-state index in [-0.39, 0.29) is 14.9 Å². The SMILES string of the molecule is C/C=C(/Cn1c(N)c(S(=O)(=O)c2cccs2)c2nc3ccccc3nc21)SC. The van der Waals surface area contributed by atoms with E-state index in [1.165, 1.54) is 0 Å². The van der Waals surface area contributed by atoms with Crippen LogP contribution in [0.5, 0.6) is 0 Å². The summed E-state index contributed by atoms with van der Waals surface area (Å²) >= 11 is 2.75. The first kappa shape index (κ1) is 19.0. The fraction of sp³-hybridized carbons (Fsp3) is 0.158. The molecule has 9 heteroatoms. The highest BCUT2D eigenvalue weighted by molar-refractivity contribution is 8.02. The zero-order chi connectivity index (χ0) is 19.9. The number of nitrogens with two attached hydrogens (primary N) is 1. The molecule has 0 saturated heterocycles. The van der Waals surface area contributed by atoms with Crippen LogP contribution in [0.4, 0.5) is 5.82 Å². The Kier molecular flexibility index (Phi) is 4.90. The van der Waals surface area contributed by atoms with Gasteiger partial charge in [0.2, 0.25) is 9.84 Å². The second-order valence-electron chi connectivity index (χ2n) is 6.08. The third-order valence-corrected chi connectivity index (χ3v) is 8.58. The second kappa shape index (κ2) is 7.23. The lowest BCUT2D eigenvalue weighted by atomic mass is 10.3. The van der Waals surface area contributed by atoms with Gasteiger partial charge in [-0.15, -0.1) is 23.1 Å². The van der Waals surface area contributed by atoms with Gasteiger partial charge in [0.05, 0.1) is 17.6 Å². The van der Waals surface area contributed by atoms with Gasteiger partial charge in [-0.3, -0.25) is 0 Å². The summed E-state index contributed by atoms with van der Waals surface area (Å²) in [5, 5.41) is 1.73. The molecule has 3 heterocycles. The maximum atomic E-state index is 13.3. The summed E-state index contributed by atoms with van der Waals surface area (Å²) in [6.45, 7) is 2.38. The molecule has 0 radical (unpaired) electrons. The number of para-hydroxylation sites is 2. The summed E-state index contributed by atoms with van der Waals surface area (Å²) < 4.78 is 28.6. The van der Waals surface area contributed by atoms with Gasteiger partial charge in [-0.2, -0.15) is 0 Å². The molecule has 28 heavy (non-hydrogen) atoms. The Hall–Kier alpha value is -2.36. The molecular formula is C19H18N4O2S3. The summed E-state index contributed by atoms with van der Waals surface area (Å²) in [6, 6.07) is 10.7. The Morgan fingerprint density at radius 1 is 1.21 bits per heavy atom. The number of nitrogens with zero attached hydrogens (tertiary/aromatic N) is 3. The highest BCUT2D eigenvalue weighted by atomic mass is 32.2. The number of aromatic nitrogens is 3. The van der Waals surface area contributed by atoms with Crippen LogP contribution < -0.4 is 5.73 Å². The van der Waals surface area contributed by atoms with E-state index in [0.29, 0.717) is 28.7 Å².